The van der Waals surface area contributed by atoms with Gasteiger partial charge >= 0.3 is 0 Å². The van der Waals surface area contributed by atoms with Gasteiger partial charge in [0.2, 0.25) is 0 Å². The first-order valence-corrected chi connectivity index (χ1v) is 5.33. The van der Waals surface area contributed by atoms with Crippen LogP contribution >= 0.6 is 0 Å². The summed E-state index contributed by atoms with van der Waals surface area (Å²) in [6, 6.07) is 6.60. The molecule has 3 heteroatoms. The summed E-state index contributed by atoms with van der Waals surface area (Å²) in [6.07, 6.45) is 2.12. The molecular formula is C13H17NO2. The highest BCUT2D eigenvalue weighted by atomic mass is 16.5. The minimum Gasteiger partial charge on any atom is -0.493 e. The number of para-hydroxylation sites is 1. The van der Waals surface area contributed by atoms with E-state index in [4.69, 9.17) is 10.5 Å². The molecule has 0 fully saturated rings. The molecule has 0 spiro atoms. The van der Waals surface area contributed by atoms with Gasteiger partial charge < -0.3 is 10.5 Å². The van der Waals surface area contributed by atoms with Crippen LogP contribution in [0.2, 0.25) is 0 Å². The minimum absolute atomic E-state index is 0.107. The van der Waals surface area contributed by atoms with Gasteiger partial charge in [-0.2, -0.15) is 0 Å². The van der Waals surface area contributed by atoms with E-state index in [0.717, 1.165) is 0 Å². The van der Waals surface area contributed by atoms with Crippen LogP contribution in [0.25, 0.3) is 0 Å². The first kappa shape index (κ1) is 12.5. The summed E-state index contributed by atoms with van der Waals surface area (Å²) in [5.41, 5.74) is 6.29. The fourth-order valence-corrected chi connectivity index (χ4v) is 1.44. The fraction of sp³-hybridized carbons (Fsp3) is 0.308. The van der Waals surface area contributed by atoms with Crippen molar-refractivity contribution in [2.75, 3.05) is 6.61 Å². The monoisotopic (exact) mass is 219 g/mol. The molecule has 0 aliphatic heterocycles. The topological polar surface area (TPSA) is 52.3 Å². The maximum absolute atomic E-state index is 12.0. The summed E-state index contributed by atoms with van der Waals surface area (Å²) in [5.74, 6) is 0.485. The molecule has 0 saturated carbocycles. The standard InChI is InChI=1S/C13H17NO2/c1-3-7-11(14)13(15)10-8-5-6-9-12(10)16-4-2/h3,5-6,8-9,11H,1,4,7,14H2,2H3. The van der Waals surface area contributed by atoms with Crippen LogP contribution in [0.3, 0.4) is 0 Å². The zero-order chi connectivity index (χ0) is 12.0. The van der Waals surface area contributed by atoms with E-state index >= 15 is 0 Å². The molecule has 0 aliphatic carbocycles. The summed E-state index contributed by atoms with van der Waals surface area (Å²) in [6.45, 7) is 5.98. The third-order valence-electron chi connectivity index (χ3n) is 2.21. The quantitative estimate of drug-likeness (QED) is 0.589. The second-order valence-electron chi connectivity index (χ2n) is 3.42. The minimum atomic E-state index is -0.542. The van der Waals surface area contributed by atoms with E-state index in [1.165, 1.54) is 0 Å². The Labute approximate surface area is 95.9 Å². The third-order valence-corrected chi connectivity index (χ3v) is 2.21. The normalized spacial score (nSPS) is 11.9. The lowest BCUT2D eigenvalue weighted by molar-refractivity contribution is 0.0958. The van der Waals surface area contributed by atoms with Gasteiger partial charge in [-0.3, -0.25) is 4.79 Å². The molecule has 0 saturated heterocycles. The van der Waals surface area contributed by atoms with Gasteiger partial charge in [0.25, 0.3) is 0 Å². The zero-order valence-electron chi connectivity index (χ0n) is 9.48. The molecule has 16 heavy (non-hydrogen) atoms. The molecule has 0 aromatic heterocycles. The number of Topliss-reactive ketones (excluding diaryl/α,β-unsaturated/α-hetero) is 1. The van der Waals surface area contributed by atoms with Crippen molar-refractivity contribution in [1.82, 2.24) is 0 Å². The van der Waals surface area contributed by atoms with Crippen LogP contribution in [0, 0.1) is 0 Å². The molecule has 0 amide bonds. The van der Waals surface area contributed by atoms with Crippen molar-refractivity contribution in [2.45, 2.75) is 19.4 Å². The Hall–Kier alpha value is -1.61. The lowest BCUT2D eigenvalue weighted by Gasteiger charge is -2.12. The molecular weight excluding hydrogens is 202 g/mol. The zero-order valence-corrected chi connectivity index (χ0v) is 9.48. The van der Waals surface area contributed by atoms with Crippen LogP contribution in [0.1, 0.15) is 23.7 Å². The van der Waals surface area contributed by atoms with E-state index in [1.54, 1.807) is 24.3 Å². The second kappa shape index (κ2) is 6.08. The van der Waals surface area contributed by atoms with E-state index in [2.05, 4.69) is 6.58 Å². The van der Waals surface area contributed by atoms with Gasteiger partial charge in [-0.1, -0.05) is 18.2 Å². The van der Waals surface area contributed by atoms with Crippen molar-refractivity contribution >= 4 is 5.78 Å². The maximum atomic E-state index is 12.0. The lowest BCUT2D eigenvalue weighted by atomic mass is 10.0. The second-order valence-corrected chi connectivity index (χ2v) is 3.42. The molecule has 0 radical (unpaired) electrons. The molecule has 1 unspecified atom stereocenters. The fourth-order valence-electron chi connectivity index (χ4n) is 1.44. The van der Waals surface area contributed by atoms with Crippen molar-refractivity contribution in [3.8, 4) is 5.75 Å². The molecule has 3 nitrogen and oxygen atoms in total. The number of benzene rings is 1. The molecule has 1 aromatic carbocycles. The average Bonchev–Trinajstić information content (AvgIpc) is 2.29. The van der Waals surface area contributed by atoms with Gasteiger partial charge in [0, 0.05) is 0 Å². The van der Waals surface area contributed by atoms with Gasteiger partial charge in [-0.05, 0) is 25.5 Å². The van der Waals surface area contributed by atoms with E-state index in [-0.39, 0.29) is 5.78 Å². The Morgan fingerprint density at radius 3 is 2.88 bits per heavy atom. The predicted octanol–water partition coefficient (Wildman–Crippen LogP) is 2.17. The first-order valence-electron chi connectivity index (χ1n) is 5.33. The number of carbonyl (C=O) groups is 1. The first-order chi connectivity index (χ1) is 7.70. The number of nitrogens with two attached hydrogens (primary N) is 1. The molecule has 86 valence electrons. The van der Waals surface area contributed by atoms with Crippen molar-refractivity contribution < 1.29 is 9.53 Å². The van der Waals surface area contributed by atoms with Gasteiger partial charge in [-0.15, -0.1) is 6.58 Å². The van der Waals surface area contributed by atoms with Crippen molar-refractivity contribution in [3.63, 3.8) is 0 Å². The lowest BCUT2D eigenvalue weighted by Crippen LogP contribution is -2.30. The summed E-state index contributed by atoms with van der Waals surface area (Å²) in [4.78, 5) is 12.0. The number of hydrogen-bond acceptors (Lipinski definition) is 3. The van der Waals surface area contributed by atoms with E-state index in [1.807, 2.05) is 13.0 Å². The summed E-state index contributed by atoms with van der Waals surface area (Å²) >= 11 is 0. The van der Waals surface area contributed by atoms with Crippen LogP contribution in [0.5, 0.6) is 5.75 Å². The Morgan fingerprint density at radius 1 is 1.56 bits per heavy atom. The molecule has 2 N–H and O–H groups in total. The van der Waals surface area contributed by atoms with Crippen LogP contribution < -0.4 is 10.5 Å². The van der Waals surface area contributed by atoms with Crippen molar-refractivity contribution in [1.29, 1.82) is 0 Å². The predicted molar refractivity (Wildman–Crippen MR) is 64.7 cm³/mol. The van der Waals surface area contributed by atoms with Crippen molar-refractivity contribution in [2.24, 2.45) is 5.73 Å². The van der Waals surface area contributed by atoms with Crippen LogP contribution in [0.15, 0.2) is 36.9 Å². The van der Waals surface area contributed by atoms with Gasteiger partial charge in [-0.25, -0.2) is 0 Å². The number of hydrogen-bond donors (Lipinski definition) is 1. The molecule has 1 aromatic rings. The van der Waals surface area contributed by atoms with E-state index in [0.29, 0.717) is 24.3 Å². The Balaban J connectivity index is 2.93. The van der Waals surface area contributed by atoms with Crippen molar-refractivity contribution in [3.05, 3.63) is 42.5 Å². The molecule has 1 rings (SSSR count). The van der Waals surface area contributed by atoms with Gasteiger partial charge in [0.1, 0.15) is 5.75 Å². The van der Waals surface area contributed by atoms with E-state index in [9.17, 15) is 4.79 Å². The molecule has 0 heterocycles. The number of ketones is 1. The third kappa shape index (κ3) is 2.94. The highest BCUT2D eigenvalue weighted by Gasteiger charge is 2.17. The van der Waals surface area contributed by atoms with Crippen LogP contribution in [-0.2, 0) is 0 Å². The number of carbonyl (C=O) groups excluding carboxylic acids is 1. The SMILES string of the molecule is C=CCC(N)C(=O)c1ccccc1OCC. The largest absolute Gasteiger partial charge is 0.493 e. The van der Waals surface area contributed by atoms with E-state index < -0.39 is 6.04 Å². The summed E-state index contributed by atoms with van der Waals surface area (Å²) < 4.78 is 5.38. The Kier molecular flexibility index (Phi) is 4.73. The molecule has 0 bridgehead atoms. The van der Waals surface area contributed by atoms with Crippen LogP contribution in [0.4, 0.5) is 0 Å². The van der Waals surface area contributed by atoms with Gasteiger partial charge in [0.05, 0.1) is 18.2 Å². The average molecular weight is 219 g/mol. The number of rotatable bonds is 6. The number of ether oxygens (including phenoxy) is 1. The maximum Gasteiger partial charge on any atom is 0.183 e. The van der Waals surface area contributed by atoms with Gasteiger partial charge in [0.15, 0.2) is 5.78 Å². The smallest absolute Gasteiger partial charge is 0.183 e. The molecule has 0 aliphatic rings. The Bertz CT molecular complexity index is 374. The molecule has 1 atom stereocenters. The summed E-state index contributed by atoms with van der Waals surface area (Å²) in [7, 11) is 0. The Morgan fingerprint density at radius 2 is 2.25 bits per heavy atom. The summed E-state index contributed by atoms with van der Waals surface area (Å²) in [5, 5.41) is 0. The van der Waals surface area contributed by atoms with Crippen LogP contribution in [-0.4, -0.2) is 18.4 Å². The highest BCUT2D eigenvalue weighted by molar-refractivity contribution is 6.02. The highest BCUT2D eigenvalue weighted by Crippen LogP contribution is 2.19.